The van der Waals surface area contributed by atoms with Crippen molar-refractivity contribution in [3.63, 3.8) is 0 Å². The minimum Gasteiger partial charge on any atom is -0.478 e. The number of hydrogen-bond acceptors (Lipinski definition) is 3. The third kappa shape index (κ3) is 2.07. The summed E-state index contributed by atoms with van der Waals surface area (Å²) in [5.41, 5.74) is 1.74. The second-order valence-corrected chi connectivity index (χ2v) is 4.94. The topological polar surface area (TPSA) is 82.7 Å². The number of nitrogens with zero attached hydrogens (tertiary/aromatic N) is 1. The van der Waals surface area contributed by atoms with E-state index in [1.165, 1.54) is 0 Å². The monoisotopic (exact) mass is 285 g/mol. The predicted octanol–water partition coefficient (Wildman–Crippen LogP) is 2.02. The number of fused-ring (bicyclic) bond motifs is 3. The van der Waals surface area contributed by atoms with Crippen molar-refractivity contribution in [1.29, 1.82) is 0 Å². The van der Waals surface area contributed by atoms with Crippen LogP contribution in [-0.4, -0.2) is 39.1 Å². The van der Waals surface area contributed by atoms with Gasteiger partial charge in [0.15, 0.2) is 0 Å². The number of aliphatic hydroxyl groups excluding tert-OH is 2. The Labute approximate surface area is 120 Å². The van der Waals surface area contributed by atoms with E-state index in [0.29, 0.717) is 5.52 Å². The standard InChI is InChI=1S/C16H15NO4/c18-8-11(9-19)17-14-4-2-1-3-12(14)13-6-5-10(16(20)21)7-15(13)17/h1-7,11,18-19H,8-9H2,(H,20,21). The molecule has 3 N–H and O–H groups in total. The summed E-state index contributed by atoms with van der Waals surface area (Å²) < 4.78 is 1.80. The molecule has 1 heterocycles. The summed E-state index contributed by atoms with van der Waals surface area (Å²) in [6.45, 7) is -0.441. The van der Waals surface area contributed by atoms with Crippen LogP contribution in [-0.2, 0) is 0 Å². The molecule has 0 saturated carbocycles. The summed E-state index contributed by atoms with van der Waals surface area (Å²) in [6.07, 6.45) is 0. The molecule has 21 heavy (non-hydrogen) atoms. The Morgan fingerprint density at radius 2 is 1.67 bits per heavy atom. The number of aromatic nitrogens is 1. The van der Waals surface area contributed by atoms with Crippen molar-refractivity contribution in [2.24, 2.45) is 0 Å². The molecule has 0 bridgehead atoms. The third-order valence-corrected chi connectivity index (χ3v) is 3.74. The molecular formula is C16H15NO4. The molecule has 2 aromatic carbocycles. The Bertz CT molecular complexity index is 818. The van der Waals surface area contributed by atoms with E-state index in [1.807, 2.05) is 24.3 Å². The van der Waals surface area contributed by atoms with Crippen molar-refractivity contribution >= 4 is 27.8 Å². The Morgan fingerprint density at radius 1 is 1.00 bits per heavy atom. The van der Waals surface area contributed by atoms with Crippen molar-refractivity contribution in [3.05, 3.63) is 48.0 Å². The molecule has 0 amide bonds. The Hall–Kier alpha value is -2.37. The van der Waals surface area contributed by atoms with Crippen LogP contribution in [0.2, 0.25) is 0 Å². The van der Waals surface area contributed by atoms with E-state index in [1.54, 1.807) is 22.8 Å². The zero-order valence-corrected chi connectivity index (χ0v) is 11.2. The van der Waals surface area contributed by atoms with Gasteiger partial charge in [-0.2, -0.15) is 0 Å². The smallest absolute Gasteiger partial charge is 0.335 e. The van der Waals surface area contributed by atoms with Gasteiger partial charge in [-0.3, -0.25) is 0 Å². The lowest BCUT2D eigenvalue weighted by molar-refractivity contribution is 0.0697. The first-order valence-corrected chi connectivity index (χ1v) is 6.65. The molecule has 0 aliphatic rings. The second-order valence-electron chi connectivity index (χ2n) is 4.94. The van der Waals surface area contributed by atoms with Crippen LogP contribution in [0.1, 0.15) is 16.4 Å². The summed E-state index contributed by atoms with van der Waals surface area (Å²) in [5.74, 6) is -1.00. The minimum absolute atomic E-state index is 0.182. The number of rotatable bonds is 4. The largest absolute Gasteiger partial charge is 0.478 e. The van der Waals surface area contributed by atoms with Crippen LogP contribution in [0.15, 0.2) is 42.5 Å². The number of aromatic carboxylic acids is 1. The van der Waals surface area contributed by atoms with E-state index in [4.69, 9.17) is 5.11 Å². The lowest BCUT2D eigenvalue weighted by atomic mass is 10.1. The SMILES string of the molecule is O=C(O)c1ccc2c3ccccc3n(C(CO)CO)c2c1. The fourth-order valence-electron chi connectivity index (χ4n) is 2.75. The maximum absolute atomic E-state index is 11.2. The molecule has 0 fully saturated rings. The van der Waals surface area contributed by atoms with Gasteiger partial charge in [0.2, 0.25) is 0 Å². The molecule has 0 radical (unpaired) electrons. The third-order valence-electron chi connectivity index (χ3n) is 3.74. The average Bonchev–Trinajstić information content (AvgIpc) is 2.83. The van der Waals surface area contributed by atoms with Crippen LogP contribution in [0.4, 0.5) is 0 Å². The molecular weight excluding hydrogens is 270 g/mol. The number of benzene rings is 2. The second kappa shape index (κ2) is 5.20. The van der Waals surface area contributed by atoms with Crippen LogP contribution < -0.4 is 0 Å². The van der Waals surface area contributed by atoms with E-state index in [2.05, 4.69) is 0 Å². The maximum atomic E-state index is 11.2. The van der Waals surface area contributed by atoms with Gasteiger partial charge in [-0.25, -0.2) is 4.79 Å². The summed E-state index contributed by atoms with van der Waals surface area (Å²) in [4.78, 5) is 11.2. The summed E-state index contributed by atoms with van der Waals surface area (Å²) in [6, 6.07) is 12.0. The molecule has 0 spiro atoms. The highest BCUT2D eigenvalue weighted by Crippen LogP contribution is 2.32. The molecule has 0 atom stereocenters. The number of hydrogen-bond donors (Lipinski definition) is 3. The van der Waals surface area contributed by atoms with Crippen LogP contribution in [0.25, 0.3) is 21.8 Å². The van der Waals surface area contributed by atoms with Gasteiger partial charge in [0.25, 0.3) is 0 Å². The van der Waals surface area contributed by atoms with Gasteiger partial charge >= 0.3 is 5.97 Å². The molecule has 3 aromatic rings. The molecule has 0 aliphatic heterocycles. The number of carboxylic acid groups (broad SMARTS) is 1. The fraction of sp³-hybridized carbons (Fsp3) is 0.188. The molecule has 0 saturated heterocycles. The first kappa shape index (κ1) is 13.6. The van der Waals surface area contributed by atoms with Crippen molar-refractivity contribution < 1.29 is 20.1 Å². The fourth-order valence-corrected chi connectivity index (χ4v) is 2.75. The number of aliphatic hydroxyl groups is 2. The van der Waals surface area contributed by atoms with Crippen LogP contribution in [0.3, 0.4) is 0 Å². The Kier molecular flexibility index (Phi) is 3.37. The molecule has 0 unspecified atom stereocenters. The Balaban J connectivity index is 2.43. The highest BCUT2D eigenvalue weighted by molar-refractivity contribution is 6.09. The average molecular weight is 285 g/mol. The van der Waals surface area contributed by atoms with E-state index < -0.39 is 12.0 Å². The quantitative estimate of drug-likeness (QED) is 0.685. The normalized spacial score (nSPS) is 11.6. The first-order chi connectivity index (χ1) is 10.2. The van der Waals surface area contributed by atoms with Gasteiger partial charge in [0, 0.05) is 16.3 Å². The number of carboxylic acids is 1. The van der Waals surface area contributed by atoms with Gasteiger partial charge in [-0.15, -0.1) is 0 Å². The van der Waals surface area contributed by atoms with Crippen LogP contribution in [0.5, 0.6) is 0 Å². The van der Waals surface area contributed by atoms with Gasteiger partial charge in [-0.05, 0) is 18.2 Å². The molecule has 0 aliphatic carbocycles. The van der Waals surface area contributed by atoms with E-state index in [-0.39, 0.29) is 18.8 Å². The molecule has 5 heteroatoms. The predicted molar refractivity (Wildman–Crippen MR) is 79.6 cm³/mol. The maximum Gasteiger partial charge on any atom is 0.335 e. The van der Waals surface area contributed by atoms with Crippen LogP contribution >= 0.6 is 0 Å². The lowest BCUT2D eigenvalue weighted by Crippen LogP contribution is -2.17. The molecule has 1 aromatic heterocycles. The van der Waals surface area contributed by atoms with E-state index >= 15 is 0 Å². The highest BCUT2D eigenvalue weighted by atomic mass is 16.4. The number of para-hydroxylation sites is 1. The van der Waals surface area contributed by atoms with Crippen molar-refractivity contribution in [1.82, 2.24) is 4.57 Å². The van der Waals surface area contributed by atoms with Crippen molar-refractivity contribution in [2.75, 3.05) is 13.2 Å². The Morgan fingerprint density at radius 3 is 2.33 bits per heavy atom. The van der Waals surface area contributed by atoms with Gasteiger partial charge < -0.3 is 19.9 Å². The first-order valence-electron chi connectivity index (χ1n) is 6.65. The highest BCUT2D eigenvalue weighted by Gasteiger charge is 2.18. The van der Waals surface area contributed by atoms with Gasteiger partial charge in [0.05, 0.1) is 30.3 Å². The molecule has 5 nitrogen and oxygen atoms in total. The molecule has 3 rings (SSSR count). The minimum atomic E-state index is -1.00. The van der Waals surface area contributed by atoms with E-state index in [0.717, 1.165) is 16.3 Å². The van der Waals surface area contributed by atoms with Gasteiger partial charge in [-0.1, -0.05) is 24.3 Å². The van der Waals surface area contributed by atoms with Crippen molar-refractivity contribution in [2.45, 2.75) is 6.04 Å². The summed E-state index contributed by atoms with van der Waals surface area (Å²) >= 11 is 0. The van der Waals surface area contributed by atoms with E-state index in [9.17, 15) is 15.0 Å². The summed E-state index contributed by atoms with van der Waals surface area (Å²) in [5, 5.41) is 30.0. The zero-order chi connectivity index (χ0) is 15.0. The zero-order valence-electron chi connectivity index (χ0n) is 11.2. The molecule has 108 valence electrons. The lowest BCUT2D eigenvalue weighted by Gasteiger charge is -2.16. The van der Waals surface area contributed by atoms with Crippen molar-refractivity contribution in [3.8, 4) is 0 Å². The summed E-state index contributed by atoms with van der Waals surface area (Å²) in [7, 11) is 0. The van der Waals surface area contributed by atoms with Gasteiger partial charge in [0.1, 0.15) is 0 Å². The number of carbonyl (C=O) groups is 1. The van der Waals surface area contributed by atoms with Crippen LogP contribution in [0, 0.1) is 0 Å².